The highest BCUT2D eigenvalue weighted by Crippen LogP contribution is 2.35. The number of carbonyl (C=O) groups excluding carboxylic acids is 1. The van der Waals surface area contributed by atoms with Gasteiger partial charge in [0.25, 0.3) is 5.91 Å². The number of sulfonamides is 1. The first kappa shape index (κ1) is 30.3. The second-order valence-corrected chi connectivity index (χ2v) is 12.0. The van der Waals surface area contributed by atoms with E-state index < -0.39 is 27.8 Å². The van der Waals surface area contributed by atoms with Crippen LogP contribution >= 0.6 is 0 Å². The van der Waals surface area contributed by atoms with Crippen LogP contribution in [0.1, 0.15) is 65.1 Å². The van der Waals surface area contributed by atoms with E-state index in [0.29, 0.717) is 36.6 Å². The van der Waals surface area contributed by atoms with Gasteiger partial charge in [0.15, 0.2) is 5.76 Å². The fourth-order valence-electron chi connectivity index (χ4n) is 4.91. The molecule has 0 saturated carbocycles. The molecule has 10 nitrogen and oxygen atoms in total. The minimum atomic E-state index is -3.86. The van der Waals surface area contributed by atoms with Crippen molar-refractivity contribution in [2.24, 2.45) is 0 Å². The molecule has 2 atom stereocenters. The average Bonchev–Trinajstić information content (AvgIpc) is 3.39. The van der Waals surface area contributed by atoms with Gasteiger partial charge in [-0.2, -0.15) is 4.31 Å². The van der Waals surface area contributed by atoms with Crippen molar-refractivity contribution in [3.8, 4) is 5.75 Å². The zero-order chi connectivity index (χ0) is 29.6. The first-order valence-corrected chi connectivity index (χ1v) is 15.0. The Morgan fingerprint density at radius 1 is 1.17 bits per heavy atom. The Morgan fingerprint density at radius 2 is 1.95 bits per heavy atom. The van der Waals surface area contributed by atoms with Crippen LogP contribution in [0.4, 0.5) is 0 Å². The molecule has 11 heteroatoms. The molecule has 41 heavy (non-hydrogen) atoms. The molecule has 1 aliphatic rings. The minimum absolute atomic E-state index is 0.0649. The molecular formula is C30H36N2O8S. The molecule has 4 rings (SSSR count). The largest absolute Gasteiger partial charge is 0.488 e. The van der Waals surface area contributed by atoms with E-state index in [0.717, 1.165) is 17.5 Å². The molecule has 3 aromatic rings. The van der Waals surface area contributed by atoms with Gasteiger partial charge in [-0.3, -0.25) is 9.59 Å². The predicted octanol–water partition coefficient (Wildman–Crippen LogP) is 4.32. The van der Waals surface area contributed by atoms with Gasteiger partial charge >= 0.3 is 5.97 Å². The number of fused-ring (bicyclic) bond motifs is 1. The summed E-state index contributed by atoms with van der Waals surface area (Å²) in [6.45, 7) is 4.84. The van der Waals surface area contributed by atoms with Crippen LogP contribution in [0.15, 0.2) is 63.9 Å². The summed E-state index contributed by atoms with van der Waals surface area (Å²) < 4.78 is 45.8. The van der Waals surface area contributed by atoms with E-state index in [2.05, 4.69) is 5.32 Å². The Hall–Kier alpha value is -3.67. The number of para-hydroxylation sites is 1. The van der Waals surface area contributed by atoms with Crippen LogP contribution in [0, 0.1) is 6.92 Å². The van der Waals surface area contributed by atoms with Gasteiger partial charge in [-0.1, -0.05) is 43.7 Å². The summed E-state index contributed by atoms with van der Waals surface area (Å²) in [4.78, 5) is 24.4. The smallest absolute Gasteiger partial charge is 0.304 e. The van der Waals surface area contributed by atoms with Crippen molar-refractivity contribution >= 4 is 21.9 Å². The van der Waals surface area contributed by atoms with E-state index >= 15 is 0 Å². The van der Waals surface area contributed by atoms with Crippen molar-refractivity contribution in [1.82, 2.24) is 9.62 Å². The molecule has 220 valence electrons. The van der Waals surface area contributed by atoms with Crippen LogP contribution in [-0.2, 0) is 26.1 Å². The molecule has 2 heterocycles. The highest BCUT2D eigenvalue weighted by atomic mass is 32.2. The first-order valence-electron chi connectivity index (χ1n) is 13.6. The molecule has 0 saturated heterocycles. The summed E-state index contributed by atoms with van der Waals surface area (Å²) in [5.74, 6) is -1.42. The lowest BCUT2D eigenvalue weighted by Gasteiger charge is -2.24. The van der Waals surface area contributed by atoms with E-state index in [4.69, 9.17) is 13.9 Å². The number of methoxy groups -OCH3 is 1. The minimum Gasteiger partial charge on any atom is -0.488 e. The third-order valence-electron chi connectivity index (χ3n) is 7.07. The number of amides is 1. The normalized spacial score (nSPS) is 17.2. The number of carboxylic acids is 1. The van der Waals surface area contributed by atoms with Gasteiger partial charge in [-0.05, 0) is 54.3 Å². The SMILES string of the molecule is CCC[C@@H]1CN(Cc2cc(C(CC(=O)O)c3ccc(C(=O)NCCOC)o3)ccc2C)S(=O)(=O)c2ccccc2O1. The molecule has 1 amide bonds. The highest BCUT2D eigenvalue weighted by molar-refractivity contribution is 7.89. The summed E-state index contributed by atoms with van der Waals surface area (Å²) in [7, 11) is -2.33. The van der Waals surface area contributed by atoms with Gasteiger partial charge in [0.2, 0.25) is 10.0 Å². The summed E-state index contributed by atoms with van der Waals surface area (Å²) in [6, 6.07) is 15.3. The lowest BCUT2D eigenvalue weighted by Crippen LogP contribution is -2.36. The molecule has 2 N–H and O–H groups in total. The van der Waals surface area contributed by atoms with Crippen LogP contribution in [0.2, 0.25) is 0 Å². The molecule has 1 unspecified atom stereocenters. The monoisotopic (exact) mass is 584 g/mol. The Bertz CT molecular complexity index is 1480. The lowest BCUT2D eigenvalue weighted by atomic mass is 9.90. The number of furan rings is 1. The van der Waals surface area contributed by atoms with Crippen molar-refractivity contribution in [2.75, 3.05) is 26.8 Å². The molecule has 0 fully saturated rings. The number of aliphatic carboxylic acids is 1. The zero-order valence-corrected chi connectivity index (χ0v) is 24.3. The lowest BCUT2D eigenvalue weighted by molar-refractivity contribution is -0.137. The summed E-state index contributed by atoms with van der Waals surface area (Å²) in [5.41, 5.74) is 2.24. The molecule has 1 aromatic heterocycles. The summed E-state index contributed by atoms with van der Waals surface area (Å²) >= 11 is 0. The van der Waals surface area contributed by atoms with E-state index in [1.54, 1.807) is 30.3 Å². The third-order valence-corrected chi connectivity index (χ3v) is 8.92. The van der Waals surface area contributed by atoms with Gasteiger partial charge in [0, 0.05) is 20.2 Å². The maximum Gasteiger partial charge on any atom is 0.304 e. The number of nitrogens with zero attached hydrogens (tertiary/aromatic N) is 1. The van der Waals surface area contributed by atoms with Crippen molar-refractivity contribution in [2.45, 2.75) is 56.6 Å². The summed E-state index contributed by atoms with van der Waals surface area (Å²) in [5, 5.41) is 12.4. The number of hydrogen-bond donors (Lipinski definition) is 2. The molecular weight excluding hydrogens is 548 g/mol. The fraction of sp³-hybridized carbons (Fsp3) is 0.400. The van der Waals surface area contributed by atoms with Gasteiger partial charge in [-0.25, -0.2) is 8.42 Å². The van der Waals surface area contributed by atoms with Gasteiger partial charge in [-0.15, -0.1) is 0 Å². The van der Waals surface area contributed by atoms with Crippen molar-refractivity contribution in [1.29, 1.82) is 0 Å². The second kappa shape index (κ2) is 13.3. The molecule has 0 bridgehead atoms. The Kier molecular flexibility index (Phi) is 9.85. The molecule has 0 radical (unpaired) electrons. The van der Waals surface area contributed by atoms with E-state index in [1.165, 1.54) is 17.5 Å². The second-order valence-electron chi connectivity index (χ2n) is 10.1. The number of hydrogen-bond acceptors (Lipinski definition) is 7. The van der Waals surface area contributed by atoms with E-state index in [1.807, 2.05) is 32.0 Å². The number of benzene rings is 2. The van der Waals surface area contributed by atoms with Crippen LogP contribution in [0.5, 0.6) is 5.75 Å². The Labute approximate surface area is 240 Å². The Morgan fingerprint density at radius 3 is 2.68 bits per heavy atom. The zero-order valence-electron chi connectivity index (χ0n) is 23.5. The maximum absolute atomic E-state index is 13.7. The summed E-state index contributed by atoms with van der Waals surface area (Å²) in [6.07, 6.45) is 0.947. The van der Waals surface area contributed by atoms with Gasteiger partial charge in [0.1, 0.15) is 22.5 Å². The number of aryl methyl sites for hydroxylation is 1. The van der Waals surface area contributed by atoms with Crippen LogP contribution in [0.25, 0.3) is 0 Å². The number of rotatable bonds is 12. The highest BCUT2D eigenvalue weighted by Gasteiger charge is 2.35. The standard InChI is InChI=1S/C30H36N2O8S/c1-4-7-23-19-32(41(36,37)28-9-6-5-8-26(28)39-23)18-22-16-21(11-10-20(22)2)24(17-29(33)34)25-12-13-27(40-25)30(35)31-14-15-38-3/h5-6,8-13,16,23-24H,4,7,14-15,17-19H2,1-3H3,(H,31,35)(H,33,34)/t23-,24?/m1/s1. The molecule has 2 aromatic carbocycles. The number of carbonyl (C=O) groups is 2. The number of carboxylic acid groups (broad SMARTS) is 1. The molecule has 0 aliphatic carbocycles. The van der Waals surface area contributed by atoms with Crippen LogP contribution in [-0.4, -0.2) is 62.6 Å². The van der Waals surface area contributed by atoms with Crippen molar-refractivity contribution in [3.05, 3.63) is 82.8 Å². The number of ether oxygens (including phenoxy) is 2. The van der Waals surface area contributed by atoms with Crippen molar-refractivity contribution < 1.29 is 37.0 Å². The van der Waals surface area contributed by atoms with Crippen LogP contribution in [0.3, 0.4) is 0 Å². The molecule has 1 aliphatic heterocycles. The van der Waals surface area contributed by atoms with Gasteiger partial charge < -0.3 is 24.3 Å². The first-order chi connectivity index (χ1) is 19.6. The topological polar surface area (TPSA) is 135 Å². The number of nitrogens with one attached hydrogen (secondary N) is 1. The third kappa shape index (κ3) is 7.16. The van der Waals surface area contributed by atoms with Crippen LogP contribution < -0.4 is 10.1 Å². The average molecular weight is 585 g/mol. The van der Waals surface area contributed by atoms with E-state index in [-0.39, 0.29) is 36.3 Å². The van der Waals surface area contributed by atoms with Gasteiger partial charge in [0.05, 0.1) is 25.5 Å². The molecule has 0 spiro atoms. The quantitative estimate of drug-likeness (QED) is 0.301. The Balaban J connectivity index is 1.66. The fourth-order valence-corrected chi connectivity index (χ4v) is 6.48. The predicted molar refractivity (Wildman–Crippen MR) is 152 cm³/mol. The maximum atomic E-state index is 13.7. The van der Waals surface area contributed by atoms with E-state index in [9.17, 15) is 23.1 Å². The van der Waals surface area contributed by atoms with Crippen molar-refractivity contribution in [3.63, 3.8) is 0 Å².